The first kappa shape index (κ1) is 30.2. The Morgan fingerprint density at radius 3 is 1.28 bits per heavy atom. The summed E-state index contributed by atoms with van der Waals surface area (Å²) in [6.45, 7) is 14.3. The summed E-state index contributed by atoms with van der Waals surface area (Å²) < 4.78 is 27.5. The monoisotopic (exact) mass is 608 g/mol. The van der Waals surface area contributed by atoms with Gasteiger partial charge in [0.15, 0.2) is 6.29 Å². The van der Waals surface area contributed by atoms with Gasteiger partial charge < -0.3 is 18.3 Å². The van der Waals surface area contributed by atoms with Crippen molar-refractivity contribution in [2.75, 3.05) is 6.61 Å². The fourth-order valence-electron chi connectivity index (χ4n) is 7.05. The first-order valence-electron chi connectivity index (χ1n) is 15.4. The minimum atomic E-state index is -2.81. The van der Waals surface area contributed by atoms with Gasteiger partial charge in [0.05, 0.1) is 6.61 Å². The molecule has 0 spiro atoms. The van der Waals surface area contributed by atoms with Crippen LogP contribution in [0.2, 0.25) is 10.1 Å². The molecular formula is C37H44O4Si2. The van der Waals surface area contributed by atoms with Crippen molar-refractivity contribution in [1.82, 2.24) is 0 Å². The molecule has 2 saturated heterocycles. The van der Waals surface area contributed by atoms with Crippen LogP contribution in [-0.2, 0) is 18.3 Å². The fraction of sp³-hybridized carbons (Fsp3) is 0.351. The molecule has 0 saturated carbocycles. The third kappa shape index (κ3) is 5.39. The van der Waals surface area contributed by atoms with E-state index in [0.717, 1.165) is 0 Å². The molecule has 2 fully saturated rings. The van der Waals surface area contributed by atoms with E-state index < -0.39 is 16.6 Å². The normalized spacial score (nSPS) is 22.3. The lowest BCUT2D eigenvalue weighted by atomic mass is 10.2. The second-order valence-electron chi connectivity index (χ2n) is 13.9. The van der Waals surface area contributed by atoms with Crippen LogP contribution in [0.3, 0.4) is 0 Å². The van der Waals surface area contributed by atoms with E-state index >= 15 is 0 Å². The first-order chi connectivity index (χ1) is 20.6. The third-order valence-electron chi connectivity index (χ3n) is 9.09. The Bertz CT molecular complexity index is 1410. The highest BCUT2D eigenvalue weighted by Gasteiger charge is 2.63. The molecule has 4 nitrogen and oxygen atoms in total. The maximum Gasteiger partial charge on any atom is 0.261 e. The zero-order chi connectivity index (χ0) is 30.3. The van der Waals surface area contributed by atoms with Crippen molar-refractivity contribution in [3.8, 4) is 0 Å². The lowest BCUT2D eigenvalue weighted by Crippen LogP contribution is -2.69. The van der Waals surface area contributed by atoms with Crippen molar-refractivity contribution in [2.45, 2.75) is 76.2 Å². The summed E-state index contributed by atoms with van der Waals surface area (Å²) in [6.07, 6.45) is -0.813. The van der Waals surface area contributed by atoms with Crippen molar-refractivity contribution in [1.29, 1.82) is 0 Å². The van der Waals surface area contributed by atoms with Gasteiger partial charge in [-0.15, -0.1) is 0 Å². The van der Waals surface area contributed by atoms with Gasteiger partial charge in [0, 0.05) is 0 Å². The minimum Gasteiger partial charge on any atom is -0.405 e. The molecule has 43 heavy (non-hydrogen) atoms. The number of benzene rings is 4. The Balaban J connectivity index is 1.40. The second-order valence-corrected chi connectivity index (χ2v) is 22.4. The maximum absolute atomic E-state index is 7.59. The summed E-state index contributed by atoms with van der Waals surface area (Å²) in [6, 6.07) is 43.2. The van der Waals surface area contributed by atoms with E-state index in [1.807, 2.05) is 0 Å². The van der Waals surface area contributed by atoms with Gasteiger partial charge in [0.25, 0.3) is 16.6 Å². The molecule has 6 heteroatoms. The molecule has 4 aromatic rings. The van der Waals surface area contributed by atoms with Crippen molar-refractivity contribution < 1.29 is 18.3 Å². The van der Waals surface area contributed by atoms with Crippen molar-refractivity contribution in [2.24, 2.45) is 0 Å². The molecule has 2 aliphatic heterocycles. The molecule has 0 unspecified atom stereocenters. The molecule has 0 radical (unpaired) electrons. The van der Waals surface area contributed by atoms with Gasteiger partial charge in [-0.25, -0.2) is 0 Å². The Morgan fingerprint density at radius 2 is 0.907 bits per heavy atom. The predicted octanol–water partition coefficient (Wildman–Crippen LogP) is 5.63. The van der Waals surface area contributed by atoms with E-state index in [-0.39, 0.29) is 34.7 Å². The summed E-state index contributed by atoms with van der Waals surface area (Å²) in [5.74, 6) is 0. The van der Waals surface area contributed by atoms with Crippen LogP contribution in [0.15, 0.2) is 121 Å². The molecule has 0 N–H and O–H groups in total. The van der Waals surface area contributed by atoms with Crippen LogP contribution in [0.25, 0.3) is 0 Å². The van der Waals surface area contributed by atoms with E-state index in [0.29, 0.717) is 6.61 Å². The Kier molecular flexibility index (Phi) is 8.13. The number of hydrogen-bond donors (Lipinski definition) is 0. The highest BCUT2D eigenvalue weighted by Crippen LogP contribution is 2.46. The molecule has 0 aromatic heterocycles. The molecule has 6 rings (SSSR count). The zero-order valence-corrected chi connectivity index (χ0v) is 28.2. The molecular weight excluding hydrogens is 565 g/mol. The number of fused-ring (bicyclic) bond motifs is 1. The summed E-state index contributed by atoms with van der Waals surface area (Å²) in [5, 5.41) is 4.76. The SMILES string of the molecule is CC(C)(C)[Si](OC[C@H]1O[C@H]2O[C@@H]2[C@@H]1O[Si](c1ccccc1)(c1ccccc1)C(C)(C)C)(c1ccccc1)c1ccccc1. The van der Waals surface area contributed by atoms with Gasteiger partial charge in [-0.3, -0.25) is 0 Å². The standard InChI is InChI=1S/C37H44O4Si2/c1-36(2,3)42(28-19-11-7-12-20-28,29-21-13-8-14-22-29)38-27-32-33(34-35(39-32)40-34)41-43(37(4,5)6,30-23-15-9-16-24-30)31-25-17-10-18-26-31/h7-26,32-35H,27H2,1-6H3/t32-,33-,34-,35+/m1/s1. The summed E-state index contributed by atoms with van der Waals surface area (Å²) >= 11 is 0. The number of hydrogen-bond acceptors (Lipinski definition) is 4. The zero-order valence-electron chi connectivity index (χ0n) is 26.2. The molecule has 0 aliphatic carbocycles. The van der Waals surface area contributed by atoms with E-state index in [9.17, 15) is 0 Å². The lowest BCUT2D eigenvalue weighted by molar-refractivity contribution is -0.0796. The first-order valence-corrected chi connectivity index (χ1v) is 19.2. The van der Waals surface area contributed by atoms with Crippen LogP contribution in [0.4, 0.5) is 0 Å². The van der Waals surface area contributed by atoms with E-state index in [2.05, 4.69) is 163 Å². The highest BCUT2D eigenvalue weighted by atomic mass is 28.4. The fourth-order valence-corrected chi connectivity index (χ4v) is 16.3. The van der Waals surface area contributed by atoms with Gasteiger partial charge in [0.1, 0.15) is 18.3 Å². The molecule has 4 atom stereocenters. The van der Waals surface area contributed by atoms with Crippen LogP contribution in [0.5, 0.6) is 0 Å². The van der Waals surface area contributed by atoms with Crippen LogP contribution in [-0.4, -0.2) is 47.8 Å². The van der Waals surface area contributed by atoms with E-state index in [1.165, 1.54) is 20.7 Å². The van der Waals surface area contributed by atoms with Gasteiger partial charge in [-0.1, -0.05) is 163 Å². The third-order valence-corrected chi connectivity index (χ3v) is 19.1. The van der Waals surface area contributed by atoms with Crippen molar-refractivity contribution in [3.05, 3.63) is 121 Å². The largest absolute Gasteiger partial charge is 0.405 e. The smallest absolute Gasteiger partial charge is 0.261 e. The molecule has 2 aliphatic rings. The predicted molar refractivity (Wildman–Crippen MR) is 180 cm³/mol. The number of epoxide rings is 1. The summed E-state index contributed by atoms with van der Waals surface area (Å²) in [4.78, 5) is 0. The van der Waals surface area contributed by atoms with Crippen LogP contribution in [0.1, 0.15) is 41.5 Å². The number of ether oxygens (including phenoxy) is 2. The van der Waals surface area contributed by atoms with Crippen molar-refractivity contribution >= 4 is 37.4 Å². The van der Waals surface area contributed by atoms with Gasteiger partial charge in [-0.2, -0.15) is 0 Å². The van der Waals surface area contributed by atoms with Crippen LogP contribution < -0.4 is 20.7 Å². The second kappa shape index (κ2) is 11.6. The maximum atomic E-state index is 7.59. The highest BCUT2D eigenvalue weighted by molar-refractivity contribution is 7.00. The Hall–Kier alpha value is -2.85. The average molecular weight is 609 g/mol. The Labute approximate surface area is 259 Å². The van der Waals surface area contributed by atoms with Crippen LogP contribution >= 0.6 is 0 Å². The van der Waals surface area contributed by atoms with E-state index in [1.54, 1.807) is 0 Å². The molecule has 0 bridgehead atoms. The minimum absolute atomic E-state index is 0.0885. The van der Waals surface area contributed by atoms with E-state index in [4.69, 9.17) is 18.3 Å². The van der Waals surface area contributed by atoms with Gasteiger partial charge in [-0.05, 0) is 30.8 Å². The molecule has 224 valence electrons. The van der Waals surface area contributed by atoms with Crippen molar-refractivity contribution in [3.63, 3.8) is 0 Å². The Morgan fingerprint density at radius 1 is 0.535 bits per heavy atom. The lowest BCUT2D eigenvalue weighted by Gasteiger charge is -2.46. The van der Waals surface area contributed by atoms with Gasteiger partial charge in [0.2, 0.25) is 0 Å². The van der Waals surface area contributed by atoms with Gasteiger partial charge >= 0.3 is 0 Å². The summed E-state index contributed by atoms with van der Waals surface area (Å²) in [5.41, 5.74) is 0. The molecule has 2 heterocycles. The molecule has 0 amide bonds. The number of rotatable bonds is 9. The average Bonchev–Trinajstić information content (AvgIpc) is 3.69. The quantitative estimate of drug-likeness (QED) is 0.182. The summed E-state index contributed by atoms with van der Waals surface area (Å²) in [7, 11) is -5.56. The molecule has 4 aromatic carbocycles. The van der Waals surface area contributed by atoms with Crippen LogP contribution in [0, 0.1) is 0 Å². The topological polar surface area (TPSA) is 40.2 Å².